The molecule has 0 bridgehead atoms. The van der Waals surface area contributed by atoms with Crippen LogP contribution in [0.15, 0.2) is 67.1 Å². The van der Waals surface area contributed by atoms with Gasteiger partial charge in [0.25, 0.3) is 0 Å². The molecule has 16 heteroatoms. The quantitative estimate of drug-likeness (QED) is 0.131. The summed E-state index contributed by atoms with van der Waals surface area (Å²) in [4.78, 5) is 62.1. The Labute approximate surface area is 321 Å². The van der Waals surface area contributed by atoms with E-state index in [1.807, 2.05) is 12.1 Å². The number of anilines is 3. The van der Waals surface area contributed by atoms with Crippen LogP contribution in [0.4, 0.5) is 39.8 Å². The first kappa shape index (κ1) is 42.6. The first-order chi connectivity index (χ1) is 26.0. The number of halogens is 3. The molecule has 56 heavy (non-hydrogen) atoms. The predicted molar refractivity (Wildman–Crippen MR) is 207 cm³/mol. The molecule has 3 aromatic heterocycles. The summed E-state index contributed by atoms with van der Waals surface area (Å²) in [5.41, 5.74) is 2.10. The van der Waals surface area contributed by atoms with Crippen LogP contribution in [-0.4, -0.2) is 62.2 Å². The van der Waals surface area contributed by atoms with Crippen molar-refractivity contribution in [1.29, 1.82) is 0 Å². The molecule has 0 aliphatic rings. The number of carbonyl (C=O) groups is 5. The Bertz CT molecular complexity index is 2250. The lowest BCUT2D eigenvalue weighted by Gasteiger charge is -2.19. The summed E-state index contributed by atoms with van der Waals surface area (Å²) >= 11 is 0. The van der Waals surface area contributed by atoms with E-state index in [1.165, 1.54) is 41.4 Å². The minimum absolute atomic E-state index is 0.242. The van der Waals surface area contributed by atoms with Gasteiger partial charge in [0.15, 0.2) is 0 Å². The van der Waals surface area contributed by atoms with Crippen LogP contribution < -0.4 is 16.0 Å². The second-order valence-electron chi connectivity index (χ2n) is 14.8. The van der Waals surface area contributed by atoms with Crippen molar-refractivity contribution in [3.63, 3.8) is 0 Å². The Morgan fingerprint density at radius 1 is 0.732 bits per heavy atom. The molecular formula is C40H45F3N6O7. The van der Waals surface area contributed by atoms with E-state index < -0.39 is 35.3 Å². The molecule has 0 atom stereocenters. The molecule has 3 heterocycles. The van der Waals surface area contributed by atoms with Crippen molar-refractivity contribution in [1.82, 2.24) is 14.1 Å². The third-order valence-electron chi connectivity index (χ3n) is 7.66. The second kappa shape index (κ2) is 17.1. The van der Waals surface area contributed by atoms with Crippen LogP contribution in [0.1, 0.15) is 72.2 Å². The molecule has 0 saturated heterocycles. The number of aldehydes is 1. The van der Waals surface area contributed by atoms with Gasteiger partial charge in [0.1, 0.15) is 23.2 Å². The second-order valence-corrected chi connectivity index (χ2v) is 14.8. The number of fused-ring (bicyclic) bond motifs is 2. The number of carbonyl (C=O) groups excluding carboxylic acids is 5. The van der Waals surface area contributed by atoms with Gasteiger partial charge in [0.05, 0.1) is 34.3 Å². The van der Waals surface area contributed by atoms with Crippen molar-refractivity contribution in [2.45, 2.75) is 85.6 Å². The lowest BCUT2D eigenvalue weighted by Crippen LogP contribution is -2.26. The SMILES string of the molecule is CC(=O)Nc1cn(C(=O)OC(C)(C)C)c2ccc(CC=O)cc12.CC(=O)Nc1cn(C(=O)OC(C)(C)C)c2ccc(CCNc3ccc(C(F)(F)F)nc3)cc12. The Kier molecular flexibility index (Phi) is 13.0. The van der Waals surface area contributed by atoms with E-state index in [9.17, 15) is 37.1 Å². The summed E-state index contributed by atoms with van der Waals surface area (Å²) in [7, 11) is 0. The van der Waals surface area contributed by atoms with Gasteiger partial charge in [-0.15, -0.1) is 0 Å². The molecule has 5 rings (SSSR count). The van der Waals surface area contributed by atoms with E-state index in [4.69, 9.17) is 9.47 Å². The van der Waals surface area contributed by atoms with Crippen LogP contribution in [0.5, 0.6) is 0 Å². The number of ether oxygens (including phenoxy) is 2. The molecule has 0 fully saturated rings. The van der Waals surface area contributed by atoms with Gasteiger partial charge in [0, 0.05) is 50.0 Å². The molecule has 0 aliphatic carbocycles. The number of benzene rings is 2. The molecule has 13 nitrogen and oxygen atoms in total. The number of amides is 2. The molecule has 2 aromatic carbocycles. The fourth-order valence-electron chi connectivity index (χ4n) is 5.45. The molecule has 298 valence electrons. The number of nitrogens with one attached hydrogen (secondary N) is 3. The van der Waals surface area contributed by atoms with Crippen LogP contribution in [0.2, 0.25) is 0 Å². The molecule has 2 amide bonds. The largest absolute Gasteiger partial charge is 0.443 e. The molecule has 0 unspecified atom stereocenters. The van der Waals surface area contributed by atoms with Crippen LogP contribution >= 0.6 is 0 Å². The van der Waals surface area contributed by atoms with Gasteiger partial charge in [-0.3, -0.25) is 18.7 Å². The highest BCUT2D eigenvalue weighted by Gasteiger charge is 2.32. The summed E-state index contributed by atoms with van der Waals surface area (Å²) in [6.07, 6.45) is 0.263. The highest BCUT2D eigenvalue weighted by molar-refractivity contribution is 6.05. The lowest BCUT2D eigenvalue weighted by molar-refractivity contribution is -0.141. The Balaban J connectivity index is 0.000000265. The third-order valence-corrected chi connectivity index (χ3v) is 7.66. The zero-order chi connectivity index (χ0) is 41.6. The maximum Gasteiger partial charge on any atom is 0.433 e. The van der Waals surface area contributed by atoms with Crippen molar-refractivity contribution in [3.05, 3.63) is 83.9 Å². The zero-order valence-corrected chi connectivity index (χ0v) is 32.4. The molecule has 3 N–H and O–H groups in total. The third kappa shape index (κ3) is 11.7. The van der Waals surface area contributed by atoms with Gasteiger partial charge in [-0.2, -0.15) is 13.2 Å². The van der Waals surface area contributed by atoms with Crippen molar-refractivity contribution in [2.24, 2.45) is 0 Å². The van der Waals surface area contributed by atoms with E-state index in [-0.39, 0.29) is 18.2 Å². The maximum atomic E-state index is 12.6. The Hall–Kier alpha value is -6.19. The normalized spacial score (nSPS) is 11.7. The minimum Gasteiger partial charge on any atom is -0.443 e. The van der Waals surface area contributed by atoms with Crippen LogP contribution in [0.25, 0.3) is 21.8 Å². The first-order valence-corrected chi connectivity index (χ1v) is 17.5. The lowest BCUT2D eigenvalue weighted by atomic mass is 10.1. The minimum atomic E-state index is -4.48. The molecule has 5 aromatic rings. The molecule has 0 saturated carbocycles. The van der Waals surface area contributed by atoms with Gasteiger partial charge in [0.2, 0.25) is 11.8 Å². The number of hydrogen-bond acceptors (Lipinski definition) is 9. The summed E-state index contributed by atoms with van der Waals surface area (Å²) in [6.45, 7) is 13.9. The van der Waals surface area contributed by atoms with E-state index >= 15 is 0 Å². The fraction of sp³-hybridized carbons (Fsp3) is 0.350. The number of aromatic nitrogens is 3. The van der Waals surface area contributed by atoms with Crippen molar-refractivity contribution in [3.8, 4) is 0 Å². The van der Waals surface area contributed by atoms with Gasteiger partial charge in [-0.25, -0.2) is 14.6 Å². The smallest absolute Gasteiger partial charge is 0.433 e. The number of alkyl halides is 3. The van der Waals surface area contributed by atoms with Gasteiger partial charge >= 0.3 is 18.4 Å². The van der Waals surface area contributed by atoms with Gasteiger partial charge < -0.3 is 30.2 Å². The van der Waals surface area contributed by atoms with E-state index in [1.54, 1.807) is 65.8 Å². The summed E-state index contributed by atoms with van der Waals surface area (Å²) in [5, 5.41) is 9.82. The van der Waals surface area contributed by atoms with Crippen molar-refractivity contribution < 1.29 is 46.6 Å². The van der Waals surface area contributed by atoms with Gasteiger partial charge in [-0.1, -0.05) is 12.1 Å². The van der Waals surface area contributed by atoms with Crippen molar-refractivity contribution in [2.75, 3.05) is 22.5 Å². The van der Waals surface area contributed by atoms with Crippen LogP contribution in [0, 0.1) is 0 Å². The van der Waals surface area contributed by atoms with E-state index in [0.717, 1.165) is 29.7 Å². The average Bonchev–Trinajstić information content (AvgIpc) is 3.61. The molecule has 0 spiro atoms. The fourth-order valence-corrected chi connectivity index (χ4v) is 5.45. The summed E-state index contributed by atoms with van der Waals surface area (Å²) in [6, 6.07) is 13.0. The molecule has 0 radical (unpaired) electrons. The average molecular weight is 779 g/mol. The summed E-state index contributed by atoms with van der Waals surface area (Å²) in [5.74, 6) is -0.519. The molecular weight excluding hydrogens is 733 g/mol. The van der Waals surface area contributed by atoms with Gasteiger partial charge in [-0.05, 0) is 95.5 Å². The maximum absolute atomic E-state index is 12.6. The number of hydrogen-bond donors (Lipinski definition) is 3. The molecule has 0 aliphatic heterocycles. The zero-order valence-electron chi connectivity index (χ0n) is 32.4. The topological polar surface area (TPSA) is 163 Å². The highest BCUT2D eigenvalue weighted by Crippen LogP contribution is 2.31. The standard InChI is InChI=1S/C23H25F3N4O3.C17H20N2O4/c1-14(31)29-18-13-30(21(32)33-22(2,3)4)19-7-5-15(11-17(18)19)9-10-27-16-6-8-20(28-12-16)23(24,25)26;1-11(21)18-14-10-19(16(22)23-17(2,3)4)15-6-5-12(7-8-20)9-13(14)15/h5-8,11-13,27H,9-10H2,1-4H3,(H,29,31);5-6,8-10H,7H2,1-4H3,(H,18,21). The van der Waals surface area contributed by atoms with Crippen LogP contribution in [0.3, 0.4) is 0 Å². The monoisotopic (exact) mass is 778 g/mol. The first-order valence-electron chi connectivity index (χ1n) is 17.5. The van der Waals surface area contributed by atoms with E-state index in [2.05, 4.69) is 20.9 Å². The van der Waals surface area contributed by atoms with Crippen molar-refractivity contribution >= 4 is 69.2 Å². The Morgan fingerprint density at radius 2 is 1.21 bits per heavy atom. The van der Waals surface area contributed by atoms with Crippen LogP contribution in [-0.2, 0) is 42.9 Å². The van der Waals surface area contributed by atoms with E-state index in [0.29, 0.717) is 51.8 Å². The number of pyridine rings is 1. The highest BCUT2D eigenvalue weighted by atomic mass is 19.4. The predicted octanol–water partition coefficient (Wildman–Crippen LogP) is 8.58. The number of rotatable bonds is 8. The summed E-state index contributed by atoms with van der Waals surface area (Å²) < 4.78 is 51.4. The Morgan fingerprint density at radius 3 is 1.62 bits per heavy atom. The number of nitrogens with zero attached hydrogens (tertiary/aromatic N) is 3.